The van der Waals surface area contributed by atoms with Gasteiger partial charge in [0.05, 0.1) is 5.56 Å². The van der Waals surface area contributed by atoms with Crippen molar-refractivity contribution in [3.63, 3.8) is 0 Å². The molecule has 1 amide bonds. The van der Waals surface area contributed by atoms with Gasteiger partial charge in [-0.15, -0.1) is 11.6 Å². The lowest BCUT2D eigenvalue weighted by Crippen LogP contribution is -2.33. The van der Waals surface area contributed by atoms with Crippen molar-refractivity contribution < 1.29 is 27.8 Å². The molecule has 1 aliphatic rings. The standard InChI is InChI=1S/C21H19ClF3NO3/c22-12-16-6-5-14(11-17(16)15-7-9-26(10-8-15)20(27)28)13-29-19-4-2-1-3-18(19)21(23,24)25/h1-7,11H,8-10,12-13H2,(H,27,28). The highest BCUT2D eigenvalue weighted by molar-refractivity contribution is 6.17. The number of nitrogens with zero attached hydrogens (tertiary/aromatic N) is 1. The van der Waals surface area contributed by atoms with E-state index >= 15 is 0 Å². The summed E-state index contributed by atoms with van der Waals surface area (Å²) < 4.78 is 44.8. The van der Waals surface area contributed by atoms with Crippen molar-refractivity contribution in [2.75, 3.05) is 13.1 Å². The number of rotatable bonds is 5. The molecule has 0 fully saturated rings. The lowest BCUT2D eigenvalue weighted by atomic mass is 9.94. The molecule has 0 unspecified atom stereocenters. The lowest BCUT2D eigenvalue weighted by molar-refractivity contribution is -0.139. The van der Waals surface area contributed by atoms with E-state index in [0.29, 0.717) is 18.5 Å². The van der Waals surface area contributed by atoms with Crippen LogP contribution in [0, 0.1) is 0 Å². The highest BCUT2D eigenvalue weighted by Crippen LogP contribution is 2.36. The third-order valence-electron chi connectivity index (χ3n) is 4.73. The zero-order valence-electron chi connectivity index (χ0n) is 15.4. The fourth-order valence-electron chi connectivity index (χ4n) is 3.20. The van der Waals surface area contributed by atoms with Crippen LogP contribution in [0.4, 0.5) is 18.0 Å². The average Bonchev–Trinajstić information content (AvgIpc) is 2.71. The minimum Gasteiger partial charge on any atom is -0.488 e. The Kier molecular flexibility index (Phi) is 6.37. The number of halogens is 4. The van der Waals surface area contributed by atoms with Crippen LogP contribution in [0.2, 0.25) is 0 Å². The fraction of sp³-hybridized carbons (Fsp3) is 0.286. The number of para-hydroxylation sites is 1. The number of alkyl halides is 4. The molecule has 3 rings (SSSR count). The van der Waals surface area contributed by atoms with E-state index in [1.54, 1.807) is 6.07 Å². The molecule has 1 aliphatic heterocycles. The molecule has 0 bridgehead atoms. The van der Waals surface area contributed by atoms with Crippen LogP contribution in [0.1, 0.15) is 28.7 Å². The van der Waals surface area contributed by atoms with Crippen LogP contribution in [0.3, 0.4) is 0 Å². The maximum atomic E-state index is 13.1. The summed E-state index contributed by atoms with van der Waals surface area (Å²) in [6.07, 6.45) is -3.08. The second-order valence-electron chi connectivity index (χ2n) is 6.62. The Balaban J connectivity index is 1.81. The van der Waals surface area contributed by atoms with Gasteiger partial charge in [0.1, 0.15) is 12.4 Å². The van der Waals surface area contributed by atoms with E-state index in [4.69, 9.17) is 21.4 Å². The molecule has 0 spiro atoms. The smallest absolute Gasteiger partial charge is 0.419 e. The molecule has 154 valence electrons. The van der Waals surface area contributed by atoms with E-state index in [1.165, 1.54) is 23.1 Å². The quantitative estimate of drug-likeness (QED) is 0.617. The van der Waals surface area contributed by atoms with E-state index in [0.717, 1.165) is 22.8 Å². The minimum atomic E-state index is -4.49. The molecule has 4 nitrogen and oxygen atoms in total. The first-order chi connectivity index (χ1) is 13.8. The minimum absolute atomic E-state index is 0.0306. The summed E-state index contributed by atoms with van der Waals surface area (Å²) in [5, 5.41) is 9.08. The van der Waals surface area contributed by atoms with Gasteiger partial charge < -0.3 is 14.7 Å². The van der Waals surface area contributed by atoms with Crippen LogP contribution in [-0.4, -0.2) is 29.2 Å². The van der Waals surface area contributed by atoms with Gasteiger partial charge in [0.25, 0.3) is 0 Å². The Hall–Kier alpha value is -2.67. The SMILES string of the molecule is O=C(O)N1CC=C(c2cc(COc3ccccc3C(F)(F)F)ccc2CCl)CC1. The highest BCUT2D eigenvalue weighted by Gasteiger charge is 2.34. The first kappa shape index (κ1) is 21.0. The largest absolute Gasteiger partial charge is 0.488 e. The van der Waals surface area contributed by atoms with Gasteiger partial charge in [0.2, 0.25) is 0 Å². The van der Waals surface area contributed by atoms with Gasteiger partial charge in [-0.1, -0.05) is 30.3 Å². The number of hydrogen-bond acceptors (Lipinski definition) is 2. The molecular formula is C21H19ClF3NO3. The lowest BCUT2D eigenvalue weighted by Gasteiger charge is -2.25. The van der Waals surface area contributed by atoms with Crippen LogP contribution < -0.4 is 4.74 Å². The molecule has 0 radical (unpaired) electrons. The van der Waals surface area contributed by atoms with Crippen LogP contribution in [0.15, 0.2) is 48.5 Å². The van der Waals surface area contributed by atoms with Gasteiger partial charge in [-0.3, -0.25) is 0 Å². The van der Waals surface area contributed by atoms with Crippen molar-refractivity contribution in [2.45, 2.75) is 25.1 Å². The summed E-state index contributed by atoms with van der Waals surface area (Å²) in [6, 6.07) is 10.5. The van der Waals surface area contributed by atoms with Crippen LogP contribution in [-0.2, 0) is 18.7 Å². The van der Waals surface area contributed by atoms with E-state index in [9.17, 15) is 18.0 Å². The van der Waals surface area contributed by atoms with E-state index in [2.05, 4.69) is 0 Å². The Labute approximate surface area is 171 Å². The summed E-state index contributed by atoms with van der Waals surface area (Å²) in [4.78, 5) is 12.4. The molecule has 2 aromatic rings. The molecule has 1 heterocycles. The maximum absolute atomic E-state index is 13.1. The molecule has 0 aliphatic carbocycles. The molecule has 0 saturated carbocycles. The van der Waals surface area contributed by atoms with E-state index < -0.39 is 17.8 Å². The maximum Gasteiger partial charge on any atom is 0.419 e. The molecule has 8 heteroatoms. The number of amides is 1. The first-order valence-corrected chi connectivity index (χ1v) is 9.47. The van der Waals surface area contributed by atoms with Gasteiger partial charge in [-0.2, -0.15) is 13.2 Å². The number of benzene rings is 2. The molecular weight excluding hydrogens is 407 g/mol. The van der Waals surface area contributed by atoms with Gasteiger partial charge in [-0.05, 0) is 46.9 Å². The summed E-state index contributed by atoms with van der Waals surface area (Å²) in [7, 11) is 0. The number of carbonyl (C=O) groups is 1. The number of hydrogen-bond donors (Lipinski definition) is 1. The topological polar surface area (TPSA) is 49.8 Å². The van der Waals surface area contributed by atoms with E-state index in [1.807, 2.05) is 18.2 Å². The molecule has 2 aromatic carbocycles. The third-order valence-corrected chi connectivity index (χ3v) is 5.02. The molecule has 29 heavy (non-hydrogen) atoms. The van der Waals surface area contributed by atoms with Crippen LogP contribution in [0.25, 0.3) is 5.57 Å². The van der Waals surface area contributed by atoms with Crippen molar-refractivity contribution in [1.29, 1.82) is 0 Å². The van der Waals surface area contributed by atoms with E-state index in [-0.39, 0.29) is 24.8 Å². The Morgan fingerprint density at radius 2 is 1.97 bits per heavy atom. The van der Waals surface area contributed by atoms with Crippen LogP contribution in [0.5, 0.6) is 5.75 Å². The molecule has 0 atom stereocenters. The molecule has 0 saturated heterocycles. The number of ether oxygens (including phenoxy) is 1. The number of carboxylic acid groups (broad SMARTS) is 1. The third kappa shape index (κ3) is 5.03. The first-order valence-electron chi connectivity index (χ1n) is 8.93. The Morgan fingerprint density at radius 3 is 2.59 bits per heavy atom. The normalized spacial score (nSPS) is 14.5. The summed E-state index contributed by atoms with van der Waals surface area (Å²) in [5.41, 5.74) is 2.60. The predicted octanol–water partition coefficient (Wildman–Crippen LogP) is 5.79. The summed E-state index contributed by atoms with van der Waals surface area (Å²) >= 11 is 6.04. The summed E-state index contributed by atoms with van der Waals surface area (Å²) in [6.45, 7) is 0.631. The van der Waals surface area contributed by atoms with Crippen molar-refractivity contribution in [2.24, 2.45) is 0 Å². The highest BCUT2D eigenvalue weighted by atomic mass is 35.5. The molecule has 0 aromatic heterocycles. The second kappa shape index (κ2) is 8.78. The van der Waals surface area contributed by atoms with Gasteiger partial charge in [0.15, 0.2) is 0 Å². The van der Waals surface area contributed by atoms with Gasteiger partial charge in [-0.25, -0.2) is 4.79 Å². The van der Waals surface area contributed by atoms with Crippen molar-refractivity contribution in [3.05, 3.63) is 70.8 Å². The van der Waals surface area contributed by atoms with Crippen molar-refractivity contribution in [3.8, 4) is 5.75 Å². The Bertz CT molecular complexity index is 928. The second-order valence-corrected chi connectivity index (χ2v) is 6.88. The monoisotopic (exact) mass is 425 g/mol. The van der Waals surface area contributed by atoms with Gasteiger partial charge in [0, 0.05) is 19.0 Å². The zero-order chi connectivity index (χ0) is 21.0. The zero-order valence-corrected chi connectivity index (χ0v) is 16.1. The van der Waals surface area contributed by atoms with Crippen molar-refractivity contribution in [1.82, 2.24) is 4.90 Å². The molecule has 1 N–H and O–H groups in total. The average molecular weight is 426 g/mol. The van der Waals surface area contributed by atoms with Crippen LogP contribution >= 0.6 is 11.6 Å². The van der Waals surface area contributed by atoms with Crippen molar-refractivity contribution >= 4 is 23.3 Å². The Morgan fingerprint density at radius 1 is 1.21 bits per heavy atom. The summed E-state index contributed by atoms with van der Waals surface area (Å²) in [5.74, 6) is 0.0461. The fourth-order valence-corrected chi connectivity index (χ4v) is 3.44. The predicted molar refractivity (Wildman–Crippen MR) is 104 cm³/mol. The van der Waals surface area contributed by atoms with Gasteiger partial charge >= 0.3 is 12.3 Å².